The summed E-state index contributed by atoms with van der Waals surface area (Å²) in [5.41, 5.74) is 3.94. The van der Waals surface area contributed by atoms with Gasteiger partial charge in [-0.3, -0.25) is 9.11 Å². The molecule has 0 spiro atoms. The Hall–Kier alpha value is -1.04. The van der Waals surface area contributed by atoms with E-state index < -0.39 is 20.2 Å². The van der Waals surface area contributed by atoms with Crippen molar-refractivity contribution in [2.45, 2.75) is 49.3 Å². The molecule has 6 nitrogen and oxygen atoms in total. The van der Waals surface area contributed by atoms with Crippen LogP contribution in [-0.4, -0.2) is 49.0 Å². The van der Waals surface area contributed by atoms with Crippen LogP contribution in [-0.2, 0) is 33.1 Å². The normalized spacial score (nSPS) is 12.2. The Morgan fingerprint density at radius 2 is 1.03 bits per heavy atom. The van der Waals surface area contributed by atoms with Crippen LogP contribution >= 0.6 is 23.5 Å². The summed E-state index contributed by atoms with van der Waals surface area (Å²) in [5, 5.41) is 0. The summed E-state index contributed by atoms with van der Waals surface area (Å²) in [7, 11) is -8.33. The van der Waals surface area contributed by atoms with E-state index in [9.17, 15) is 25.9 Å². The number of benzene rings is 2. The molecule has 0 unspecified atom stereocenters. The van der Waals surface area contributed by atoms with Crippen molar-refractivity contribution < 1.29 is 25.9 Å². The highest BCUT2D eigenvalue weighted by Crippen LogP contribution is 2.20. The highest BCUT2D eigenvalue weighted by molar-refractivity contribution is 8.02. The minimum absolute atomic E-state index is 0.0536. The Labute approximate surface area is 200 Å². The highest BCUT2D eigenvalue weighted by atomic mass is 32.2. The van der Waals surface area contributed by atoms with Gasteiger partial charge in [0.25, 0.3) is 20.2 Å². The van der Waals surface area contributed by atoms with Gasteiger partial charge in [-0.1, -0.05) is 12.1 Å². The van der Waals surface area contributed by atoms with E-state index in [1.165, 1.54) is 12.1 Å². The fourth-order valence-electron chi connectivity index (χ4n) is 3.21. The third-order valence-electron chi connectivity index (χ3n) is 5.08. The summed E-state index contributed by atoms with van der Waals surface area (Å²) in [5.74, 6) is 4.04. The van der Waals surface area contributed by atoms with Crippen molar-refractivity contribution in [2.24, 2.45) is 0 Å². The SMILES string of the molecule is Cc1ccc(S(=O)(=O)O)cc1CCCSCCSCCCc1cc(S(=O)(=O)O)ccc1C. The average Bonchev–Trinajstić information content (AvgIpc) is 2.70. The predicted molar refractivity (Wildman–Crippen MR) is 133 cm³/mol. The molecule has 0 amide bonds. The molecule has 0 aliphatic rings. The van der Waals surface area contributed by atoms with Crippen molar-refractivity contribution >= 4 is 43.8 Å². The summed E-state index contributed by atoms with van der Waals surface area (Å²) < 4.78 is 63.5. The molecule has 0 heterocycles. The summed E-state index contributed by atoms with van der Waals surface area (Å²) >= 11 is 3.73. The van der Waals surface area contributed by atoms with E-state index in [4.69, 9.17) is 0 Å². The minimum atomic E-state index is -4.17. The fraction of sp³-hybridized carbons (Fsp3) is 0.455. The summed E-state index contributed by atoms with van der Waals surface area (Å²) in [6.07, 6.45) is 3.43. The Morgan fingerprint density at radius 1 is 0.656 bits per heavy atom. The lowest BCUT2D eigenvalue weighted by atomic mass is 10.0. The second kappa shape index (κ2) is 12.4. The molecule has 2 rings (SSSR count). The first-order chi connectivity index (χ1) is 15.0. The first-order valence-electron chi connectivity index (χ1n) is 10.3. The van der Waals surface area contributed by atoms with Gasteiger partial charge in [-0.25, -0.2) is 0 Å². The molecule has 2 aromatic rings. The van der Waals surface area contributed by atoms with E-state index in [1.807, 2.05) is 37.4 Å². The number of aryl methyl sites for hydroxylation is 4. The molecule has 0 aliphatic heterocycles. The Balaban J connectivity index is 1.61. The fourth-order valence-corrected chi connectivity index (χ4v) is 6.32. The molecule has 178 valence electrons. The second-order valence-electron chi connectivity index (χ2n) is 7.56. The van der Waals surface area contributed by atoms with Crippen LogP contribution in [0.15, 0.2) is 46.2 Å². The van der Waals surface area contributed by atoms with E-state index in [0.717, 1.165) is 70.9 Å². The van der Waals surface area contributed by atoms with Crippen LogP contribution in [0, 0.1) is 13.8 Å². The van der Waals surface area contributed by atoms with Gasteiger partial charge in [-0.2, -0.15) is 40.4 Å². The van der Waals surface area contributed by atoms with Crippen molar-refractivity contribution in [3.8, 4) is 0 Å². The van der Waals surface area contributed by atoms with Crippen LogP contribution in [0.2, 0.25) is 0 Å². The molecule has 2 N–H and O–H groups in total. The van der Waals surface area contributed by atoms with Crippen LogP contribution in [0.5, 0.6) is 0 Å². The molecular formula is C22H30O6S4. The average molecular weight is 519 g/mol. The van der Waals surface area contributed by atoms with Crippen LogP contribution in [0.25, 0.3) is 0 Å². The summed E-state index contributed by atoms with van der Waals surface area (Å²) in [6.45, 7) is 3.88. The first kappa shape index (κ1) is 27.2. The van der Waals surface area contributed by atoms with Gasteiger partial charge in [0.05, 0.1) is 9.79 Å². The van der Waals surface area contributed by atoms with Gasteiger partial charge < -0.3 is 0 Å². The molecule has 0 saturated heterocycles. The van der Waals surface area contributed by atoms with E-state index in [-0.39, 0.29) is 9.79 Å². The maximum atomic E-state index is 11.3. The Kier molecular flexibility index (Phi) is 10.6. The zero-order chi connectivity index (χ0) is 23.8. The maximum Gasteiger partial charge on any atom is 0.294 e. The first-order valence-corrected chi connectivity index (χ1v) is 15.5. The smallest absolute Gasteiger partial charge is 0.282 e. The lowest BCUT2D eigenvalue weighted by Gasteiger charge is -2.08. The summed E-state index contributed by atoms with van der Waals surface area (Å²) in [6, 6.07) is 9.40. The molecule has 2 aromatic carbocycles. The van der Waals surface area contributed by atoms with Gasteiger partial charge in [0.1, 0.15) is 0 Å². The van der Waals surface area contributed by atoms with Crippen LogP contribution in [0.4, 0.5) is 0 Å². The van der Waals surface area contributed by atoms with Crippen LogP contribution in [0.1, 0.15) is 35.1 Å². The van der Waals surface area contributed by atoms with Gasteiger partial charge in [0.15, 0.2) is 0 Å². The quantitative estimate of drug-likeness (QED) is 0.287. The van der Waals surface area contributed by atoms with Crippen LogP contribution < -0.4 is 0 Å². The van der Waals surface area contributed by atoms with E-state index >= 15 is 0 Å². The van der Waals surface area contributed by atoms with E-state index in [0.29, 0.717) is 0 Å². The van der Waals surface area contributed by atoms with Gasteiger partial charge in [-0.05, 0) is 97.6 Å². The topological polar surface area (TPSA) is 109 Å². The number of thioether (sulfide) groups is 2. The molecule has 0 bridgehead atoms. The molecule has 0 radical (unpaired) electrons. The summed E-state index contributed by atoms with van der Waals surface area (Å²) in [4.78, 5) is -0.107. The lowest BCUT2D eigenvalue weighted by molar-refractivity contribution is 0.480. The number of hydrogen-bond donors (Lipinski definition) is 2. The zero-order valence-electron chi connectivity index (χ0n) is 18.3. The van der Waals surface area contributed by atoms with Crippen LogP contribution in [0.3, 0.4) is 0 Å². The Morgan fingerprint density at radius 3 is 1.38 bits per heavy atom. The van der Waals surface area contributed by atoms with Crippen molar-refractivity contribution in [1.82, 2.24) is 0 Å². The third-order valence-corrected chi connectivity index (χ3v) is 9.18. The lowest BCUT2D eigenvalue weighted by Crippen LogP contribution is -2.01. The van der Waals surface area contributed by atoms with Crippen molar-refractivity contribution in [3.05, 3.63) is 58.7 Å². The van der Waals surface area contributed by atoms with Crippen molar-refractivity contribution in [2.75, 3.05) is 23.0 Å². The van der Waals surface area contributed by atoms with Crippen molar-refractivity contribution in [1.29, 1.82) is 0 Å². The highest BCUT2D eigenvalue weighted by Gasteiger charge is 2.12. The molecule has 0 fully saturated rings. The standard InChI is InChI=1S/C22H30O6S4/c1-17-7-9-21(31(23,24)25)15-19(17)5-3-11-29-13-14-30-12-4-6-20-16-22(32(26,27)28)10-8-18(20)2/h7-10,15-16H,3-6,11-14H2,1-2H3,(H,23,24,25)(H,26,27,28). The zero-order valence-corrected chi connectivity index (χ0v) is 21.5. The maximum absolute atomic E-state index is 11.3. The van der Waals surface area contributed by atoms with E-state index in [2.05, 4.69) is 0 Å². The minimum Gasteiger partial charge on any atom is -0.282 e. The predicted octanol–water partition coefficient (Wildman–Crippen LogP) is 4.83. The monoisotopic (exact) mass is 518 g/mol. The largest absolute Gasteiger partial charge is 0.294 e. The van der Waals surface area contributed by atoms with Gasteiger partial charge in [0.2, 0.25) is 0 Å². The molecule has 32 heavy (non-hydrogen) atoms. The molecule has 0 atom stereocenters. The molecule has 0 aromatic heterocycles. The molecule has 10 heteroatoms. The number of rotatable bonds is 13. The van der Waals surface area contributed by atoms with Gasteiger partial charge in [-0.15, -0.1) is 0 Å². The molecular weight excluding hydrogens is 489 g/mol. The Bertz CT molecular complexity index is 1020. The van der Waals surface area contributed by atoms with Gasteiger partial charge >= 0.3 is 0 Å². The molecule has 0 aliphatic carbocycles. The number of hydrogen-bond acceptors (Lipinski definition) is 6. The molecule has 0 saturated carbocycles. The third kappa shape index (κ3) is 9.07. The van der Waals surface area contributed by atoms with E-state index in [1.54, 1.807) is 24.3 Å². The van der Waals surface area contributed by atoms with Crippen molar-refractivity contribution in [3.63, 3.8) is 0 Å². The second-order valence-corrected chi connectivity index (χ2v) is 12.9. The van der Waals surface area contributed by atoms with Gasteiger partial charge in [0, 0.05) is 11.5 Å².